The Labute approximate surface area is 107 Å². The zero-order valence-electron chi connectivity index (χ0n) is 9.03. The van der Waals surface area contributed by atoms with Crippen molar-refractivity contribution in [2.24, 2.45) is 0 Å². The van der Waals surface area contributed by atoms with Gasteiger partial charge in [-0.25, -0.2) is 0 Å². The molecule has 0 bridgehead atoms. The van der Waals surface area contributed by atoms with E-state index in [9.17, 15) is 9.59 Å². The summed E-state index contributed by atoms with van der Waals surface area (Å²) < 4.78 is 0.363. The van der Waals surface area contributed by atoms with Gasteiger partial charge in [-0.05, 0) is 32.0 Å². The van der Waals surface area contributed by atoms with Crippen LogP contribution in [-0.4, -0.2) is 26.2 Å². The largest absolute Gasteiger partial charge is 0.504 e. The minimum atomic E-state index is -0.259. The number of hydrogen-bond acceptors (Lipinski definition) is 4. The third-order valence-corrected chi connectivity index (χ3v) is 2.11. The number of halogens is 1. The molecular weight excluding hydrogens is 323 g/mol. The Morgan fingerprint density at radius 2 is 1.69 bits per heavy atom. The average Bonchev–Trinajstić information content (AvgIpc) is 2.20. The summed E-state index contributed by atoms with van der Waals surface area (Å²) in [7, 11) is 0. The van der Waals surface area contributed by atoms with Gasteiger partial charge in [0.2, 0.25) is 0 Å². The molecule has 1 aromatic rings. The highest BCUT2D eigenvalue weighted by Crippen LogP contribution is 2.25. The number of phenolic OH excluding ortho intramolecular Hbond substituents is 2. The first-order chi connectivity index (χ1) is 7.38. The Kier molecular flexibility index (Phi) is 6.71. The van der Waals surface area contributed by atoms with Gasteiger partial charge in [0, 0.05) is 5.56 Å². The summed E-state index contributed by atoms with van der Waals surface area (Å²) in [6, 6.07) is 4.04. The summed E-state index contributed by atoms with van der Waals surface area (Å²) in [5.74, 6) is -0.364. The maximum absolute atomic E-state index is 11.1. The molecule has 0 saturated carbocycles. The molecule has 0 aliphatic rings. The second kappa shape index (κ2) is 7.21. The average molecular weight is 336 g/mol. The van der Waals surface area contributed by atoms with Gasteiger partial charge >= 0.3 is 0 Å². The number of hydrogen-bond donors (Lipinski definition) is 2. The van der Waals surface area contributed by atoms with Crippen molar-refractivity contribution in [3.05, 3.63) is 23.8 Å². The molecule has 0 aromatic heterocycles. The van der Waals surface area contributed by atoms with Crippen molar-refractivity contribution < 1.29 is 19.8 Å². The maximum atomic E-state index is 11.1. The molecule has 2 N–H and O–H groups in total. The first kappa shape index (κ1) is 14.9. The fourth-order valence-electron chi connectivity index (χ4n) is 0.774. The SMILES string of the molecule is CC(C)=O.O=C(CI)c1ccc(O)c(O)c1. The lowest BCUT2D eigenvalue weighted by Gasteiger charge is -1.99. The molecule has 88 valence electrons. The molecule has 0 unspecified atom stereocenters. The second-order valence-corrected chi connectivity index (χ2v) is 3.93. The molecule has 0 heterocycles. The lowest BCUT2D eigenvalue weighted by Crippen LogP contribution is -1.98. The van der Waals surface area contributed by atoms with Crippen molar-refractivity contribution >= 4 is 34.2 Å². The summed E-state index contributed by atoms with van der Waals surface area (Å²) in [5.41, 5.74) is 0.416. The maximum Gasteiger partial charge on any atom is 0.172 e. The highest BCUT2D eigenvalue weighted by atomic mass is 127. The molecule has 0 amide bonds. The molecule has 0 saturated heterocycles. The van der Waals surface area contributed by atoms with Crippen LogP contribution in [0.2, 0.25) is 0 Å². The number of rotatable bonds is 2. The van der Waals surface area contributed by atoms with Gasteiger partial charge in [-0.1, -0.05) is 22.6 Å². The Morgan fingerprint density at radius 1 is 1.19 bits per heavy atom. The van der Waals surface area contributed by atoms with Gasteiger partial charge in [-0.2, -0.15) is 0 Å². The van der Waals surface area contributed by atoms with Crippen LogP contribution in [0.25, 0.3) is 0 Å². The minimum Gasteiger partial charge on any atom is -0.504 e. The molecule has 0 aliphatic heterocycles. The minimum absolute atomic E-state index is 0.0640. The first-order valence-electron chi connectivity index (χ1n) is 4.46. The van der Waals surface area contributed by atoms with Gasteiger partial charge in [-0.15, -0.1) is 0 Å². The number of carbonyl (C=O) groups is 2. The van der Waals surface area contributed by atoms with Crippen molar-refractivity contribution in [1.29, 1.82) is 0 Å². The number of Topliss-reactive ketones (excluding diaryl/α,β-unsaturated/α-hetero) is 2. The van der Waals surface area contributed by atoms with E-state index in [1.807, 2.05) is 22.6 Å². The predicted octanol–water partition coefficient (Wildman–Crippen LogP) is 2.31. The van der Waals surface area contributed by atoms with E-state index in [1.54, 1.807) is 0 Å². The third-order valence-electron chi connectivity index (χ3n) is 1.42. The van der Waals surface area contributed by atoms with Crippen LogP contribution in [0.3, 0.4) is 0 Å². The van der Waals surface area contributed by atoms with Gasteiger partial charge in [-0.3, -0.25) is 4.79 Å². The molecule has 1 rings (SSSR count). The van der Waals surface area contributed by atoms with E-state index in [2.05, 4.69) is 0 Å². The molecule has 0 radical (unpaired) electrons. The van der Waals surface area contributed by atoms with Crippen LogP contribution >= 0.6 is 22.6 Å². The van der Waals surface area contributed by atoms with E-state index in [0.29, 0.717) is 9.99 Å². The van der Waals surface area contributed by atoms with Crippen molar-refractivity contribution in [3.63, 3.8) is 0 Å². The Bertz CT molecular complexity index is 384. The van der Waals surface area contributed by atoms with E-state index in [0.717, 1.165) is 0 Å². The number of alkyl halides is 1. The summed E-state index contributed by atoms with van der Waals surface area (Å²) in [6.07, 6.45) is 0. The van der Waals surface area contributed by atoms with Gasteiger partial charge in [0.05, 0.1) is 4.43 Å². The highest BCUT2D eigenvalue weighted by molar-refractivity contribution is 14.1. The van der Waals surface area contributed by atoms with Crippen molar-refractivity contribution in [2.75, 3.05) is 4.43 Å². The summed E-state index contributed by atoms with van der Waals surface area (Å²) in [6.45, 7) is 3.06. The monoisotopic (exact) mass is 336 g/mol. The quantitative estimate of drug-likeness (QED) is 0.376. The lowest BCUT2D eigenvalue weighted by molar-refractivity contribution is -0.114. The summed E-state index contributed by atoms with van der Waals surface area (Å²) in [5, 5.41) is 18.0. The standard InChI is InChI=1S/C8H7IO3.C3H6O/c9-4-8(12)5-1-2-6(10)7(11)3-5;1-3(2)4/h1-3,10-11H,4H2;1-2H3. The molecule has 0 aliphatic carbocycles. The van der Waals surface area contributed by atoms with Crippen LogP contribution in [-0.2, 0) is 4.79 Å². The molecule has 1 aromatic carbocycles. The van der Waals surface area contributed by atoms with E-state index in [-0.39, 0.29) is 23.1 Å². The molecule has 4 nitrogen and oxygen atoms in total. The Balaban J connectivity index is 0.000000487. The Hall–Kier alpha value is -1.11. The van der Waals surface area contributed by atoms with Crippen molar-refractivity contribution in [3.8, 4) is 11.5 Å². The number of carbonyl (C=O) groups excluding carboxylic acids is 2. The van der Waals surface area contributed by atoms with Gasteiger partial charge in [0.25, 0.3) is 0 Å². The second-order valence-electron chi connectivity index (χ2n) is 3.17. The van der Waals surface area contributed by atoms with Gasteiger partial charge < -0.3 is 15.0 Å². The molecule has 0 atom stereocenters. The number of ketones is 2. The molecule has 0 fully saturated rings. The third kappa shape index (κ3) is 5.69. The number of aromatic hydroxyl groups is 2. The zero-order chi connectivity index (χ0) is 12.7. The summed E-state index contributed by atoms with van der Waals surface area (Å²) in [4.78, 5) is 20.5. The van der Waals surface area contributed by atoms with Gasteiger partial charge in [0.15, 0.2) is 17.3 Å². The molecule has 16 heavy (non-hydrogen) atoms. The fourth-order valence-corrected chi connectivity index (χ4v) is 1.21. The molecule has 5 heteroatoms. The van der Waals surface area contributed by atoms with Gasteiger partial charge in [0.1, 0.15) is 5.78 Å². The fraction of sp³-hybridized carbons (Fsp3) is 0.273. The summed E-state index contributed by atoms with van der Waals surface area (Å²) >= 11 is 1.94. The van der Waals surface area contributed by atoms with Crippen LogP contribution in [0.15, 0.2) is 18.2 Å². The number of phenols is 2. The van der Waals surface area contributed by atoms with E-state index < -0.39 is 0 Å². The van der Waals surface area contributed by atoms with E-state index >= 15 is 0 Å². The van der Waals surface area contributed by atoms with Crippen LogP contribution in [0.4, 0.5) is 0 Å². The van der Waals surface area contributed by atoms with Crippen molar-refractivity contribution in [1.82, 2.24) is 0 Å². The first-order valence-corrected chi connectivity index (χ1v) is 5.99. The van der Waals surface area contributed by atoms with Crippen molar-refractivity contribution in [2.45, 2.75) is 13.8 Å². The molecule has 0 spiro atoms. The van der Waals surface area contributed by atoms with Crippen LogP contribution < -0.4 is 0 Å². The zero-order valence-corrected chi connectivity index (χ0v) is 11.2. The Morgan fingerprint density at radius 3 is 2.06 bits per heavy atom. The predicted molar refractivity (Wildman–Crippen MR) is 69.3 cm³/mol. The van der Waals surface area contributed by atoms with Crippen LogP contribution in [0.5, 0.6) is 11.5 Å². The van der Waals surface area contributed by atoms with Crippen LogP contribution in [0.1, 0.15) is 24.2 Å². The lowest BCUT2D eigenvalue weighted by atomic mass is 10.1. The van der Waals surface area contributed by atoms with E-state index in [1.165, 1.54) is 32.0 Å². The van der Waals surface area contributed by atoms with Crippen LogP contribution in [0, 0.1) is 0 Å². The normalized spacial score (nSPS) is 8.94. The highest BCUT2D eigenvalue weighted by Gasteiger charge is 2.06. The smallest absolute Gasteiger partial charge is 0.172 e. The number of benzene rings is 1. The topological polar surface area (TPSA) is 74.6 Å². The molecular formula is C11H13IO4. The van der Waals surface area contributed by atoms with E-state index in [4.69, 9.17) is 10.2 Å².